The molecular formula is C14H12BrNO. The Morgan fingerprint density at radius 1 is 1.24 bits per heavy atom. The van der Waals surface area contributed by atoms with Crippen LogP contribution in [0.4, 0.5) is 0 Å². The van der Waals surface area contributed by atoms with Gasteiger partial charge in [-0.25, -0.2) is 0 Å². The molecule has 0 bridgehead atoms. The molecule has 0 radical (unpaired) electrons. The summed E-state index contributed by atoms with van der Waals surface area (Å²) in [5.74, 6) is 0.0519. The molecule has 0 aliphatic carbocycles. The lowest BCUT2D eigenvalue weighted by Crippen LogP contribution is -2.05. The van der Waals surface area contributed by atoms with Gasteiger partial charge in [0.25, 0.3) is 0 Å². The lowest BCUT2D eigenvalue weighted by Gasteiger charge is -2.02. The Morgan fingerprint density at radius 3 is 2.59 bits per heavy atom. The Morgan fingerprint density at radius 2 is 1.94 bits per heavy atom. The SMILES string of the molecule is Cc1ccnc(C(=O)Cc2ccc(Br)cc2)c1. The van der Waals surface area contributed by atoms with Gasteiger partial charge in [0.05, 0.1) is 0 Å². The van der Waals surface area contributed by atoms with Crippen molar-refractivity contribution in [1.29, 1.82) is 0 Å². The van der Waals surface area contributed by atoms with Crippen molar-refractivity contribution in [2.75, 3.05) is 0 Å². The number of hydrogen-bond acceptors (Lipinski definition) is 2. The topological polar surface area (TPSA) is 30.0 Å². The summed E-state index contributed by atoms with van der Waals surface area (Å²) in [6.07, 6.45) is 2.06. The molecule has 0 atom stereocenters. The number of carbonyl (C=O) groups is 1. The summed E-state index contributed by atoms with van der Waals surface area (Å²) in [5, 5.41) is 0. The highest BCUT2D eigenvalue weighted by atomic mass is 79.9. The largest absolute Gasteiger partial charge is 0.292 e. The number of benzene rings is 1. The molecule has 17 heavy (non-hydrogen) atoms. The number of nitrogens with zero attached hydrogens (tertiary/aromatic N) is 1. The van der Waals surface area contributed by atoms with Crippen LogP contribution in [0.5, 0.6) is 0 Å². The summed E-state index contributed by atoms with van der Waals surface area (Å²) >= 11 is 3.37. The molecule has 2 nitrogen and oxygen atoms in total. The minimum absolute atomic E-state index is 0.0519. The second-order valence-electron chi connectivity index (χ2n) is 3.94. The number of aromatic nitrogens is 1. The minimum Gasteiger partial charge on any atom is -0.292 e. The van der Waals surface area contributed by atoms with Gasteiger partial charge in [0.15, 0.2) is 5.78 Å². The second kappa shape index (κ2) is 5.23. The number of Topliss-reactive ketones (excluding diaryl/α,β-unsaturated/α-hetero) is 1. The number of ketones is 1. The summed E-state index contributed by atoms with van der Waals surface area (Å²) in [6, 6.07) is 11.5. The van der Waals surface area contributed by atoms with Crippen LogP contribution in [0, 0.1) is 6.92 Å². The van der Waals surface area contributed by atoms with E-state index in [1.54, 1.807) is 6.20 Å². The zero-order chi connectivity index (χ0) is 12.3. The van der Waals surface area contributed by atoms with Crippen molar-refractivity contribution in [3.8, 4) is 0 Å². The van der Waals surface area contributed by atoms with Crippen LogP contribution in [0.25, 0.3) is 0 Å². The molecule has 0 amide bonds. The molecule has 0 N–H and O–H groups in total. The maximum atomic E-state index is 12.0. The van der Waals surface area contributed by atoms with E-state index in [4.69, 9.17) is 0 Å². The average molecular weight is 290 g/mol. The maximum Gasteiger partial charge on any atom is 0.185 e. The number of rotatable bonds is 3. The number of aryl methyl sites for hydroxylation is 1. The van der Waals surface area contributed by atoms with Gasteiger partial charge in [-0.3, -0.25) is 9.78 Å². The fourth-order valence-electron chi connectivity index (χ4n) is 1.57. The van der Waals surface area contributed by atoms with Gasteiger partial charge >= 0.3 is 0 Å². The molecule has 0 spiro atoms. The van der Waals surface area contributed by atoms with Crippen LogP contribution < -0.4 is 0 Å². The molecule has 0 saturated heterocycles. The second-order valence-corrected chi connectivity index (χ2v) is 4.86. The maximum absolute atomic E-state index is 12.0. The summed E-state index contributed by atoms with van der Waals surface area (Å²) < 4.78 is 1.02. The first kappa shape index (κ1) is 12.0. The van der Waals surface area contributed by atoms with Gasteiger partial charge in [-0.2, -0.15) is 0 Å². The van der Waals surface area contributed by atoms with Crippen LogP contribution in [0.1, 0.15) is 21.6 Å². The molecule has 0 aliphatic rings. The van der Waals surface area contributed by atoms with E-state index < -0.39 is 0 Å². The van der Waals surface area contributed by atoms with Crippen LogP contribution in [0.2, 0.25) is 0 Å². The van der Waals surface area contributed by atoms with Crippen molar-refractivity contribution in [1.82, 2.24) is 4.98 Å². The van der Waals surface area contributed by atoms with E-state index in [2.05, 4.69) is 20.9 Å². The monoisotopic (exact) mass is 289 g/mol. The van der Waals surface area contributed by atoms with E-state index in [0.717, 1.165) is 15.6 Å². The first-order valence-corrected chi connectivity index (χ1v) is 6.15. The van der Waals surface area contributed by atoms with E-state index in [0.29, 0.717) is 12.1 Å². The van der Waals surface area contributed by atoms with Crippen molar-refractivity contribution < 1.29 is 4.79 Å². The van der Waals surface area contributed by atoms with Gasteiger partial charge in [0.1, 0.15) is 5.69 Å². The van der Waals surface area contributed by atoms with Gasteiger partial charge in [-0.05, 0) is 42.3 Å². The van der Waals surface area contributed by atoms with Gasteiger partial charge in [0.2, 0.25) is 0 Å². The first-order valence-electron chi connectivity index (χ1n) is 5.35. The van der Waals surface area contributed by atoms with E-state index >= 15 is 0 Å². The molecule has 1 aromatic heterocycles. The lowest BCUT2D eigenvalue weighted by molar-refractivity contribution is 0.0988. The van der Waals surface area contributed by atoms with E-state index in [1.807, 2.05) is 43.3 Å². The minimum atomic E-state index is 0.0519. The quantitative estimate of drug-likeness (QED) is 0.809. The van der Waals surface area contributed by atoms with Crippen molar-refractivity contribution in [2.24, 2.45) is 0 Å². The Bertz CT molecular complexity index is 534. The molecule has 2 aromatic rings. The van der Waals surface area contributed by atoms with E-state index in [9.17, 15) is 4.79 Å². The molecule has 1 heterocycles. The molecular weight excluding hydrogens is 278 g/mol. The predicted molar refractivity (Wildman–Crippen MR) is 71.2 cm³/mol. The molecule has 2 rings (SSSR count). The summed E-state index contributed by atoms with van der Waals surface area (Å²) in [6.45, 7) is 1.96. The zero-order valence-corrected chi connectivity index (χ0v) is 11.1. The molecule has 3 heteroatoms. The molecule has 0 aliphatic heterocycles. The molecule has 0 fully saturated rings. The Kier molecular flexibility index (Phi) is 3.69. The fourth-order valence-corrected chi connectivity index (χ4v) is 1.83. The third-order valence-electron chi connectivity index (χ3n) is 2.48. The van der Waals surface area contributed by atoms with Crippen LogP contribution in [0.15, 0.2) is 47.1 Å². The van der Waals surface area contributed by atoms with Crippen molar-refractivity contribution in [2.45, 2.75) is 13.3 Å². The molecule has 86 valence electrons. The van der Waals surface area contributed by atoms with E-state index in [1.165, 1.54) is 0 Å². The van der Waals surface area contributed by atoms with Gasteiger partial charge in [-0.1, -0.05) is 28.1 Å². The standard InChI is InChI=1S/C14H12BrNO/c1-10-6-7-16-13(8-10)14(17)9-11-2-4-12(15)5-3-11/h2-8H,9H2,1H3. The van der Waals surface area contributed by atoms with Crippen LogP contribution in [0.3, 0.4) is 0 Å². The Hall–Kier alpha value is -1.48. The lowest BCUT2D eigenvalue weighted by atomic mass is 10.1. The molecule has 1 aromatic carbocycles. The fraction of sp³-hybridized carbons (Fsp3) is 0.143. The van der Waals surface area contributed by atoms with Gasteiger partial charge < -0.3 is 0 Å². The predicted octanol–water partition coefficient (Wildman–Crippen LogP) is 3.58. The highest BCUT2D eigenvalue weighted by molar-refractivity contribution is 9.10. The third kappa shape index (κ3) is 3.24. The third-order valence-corrected chi connectivity index (χ3v) is 3.01. The smallest absolute Gasteiger partial charge is 0.185 e. The van der Waals surface area contributed by atoms with Crippen molar-refractivity contribution >= 4 is 21.7 Å². The number of pyridine rings is 1. The average Bonchev–Trinajstić information content (AvgIpc) is 2.32. The Labute approximate surface area is 109 Å². The van der Waals surface area contributed by atoms with Gasteiger partial charge in [0, 0.05) is 17.1 Å². The van der Waals surface area contributed by atoms with Crippen LogP contribution in [-0.4, -0.2) is 10.8 Å². The molecule has 0 saturated carbocycles. The zero-order valence-electron chi connectivity index (χ0n) is 9.48. The van der Waals surface area contributed by atoms with Crippen LogP contribution in [-0.2, 0) is 6.42 Å². The number of hydrogen-bond donors (Lipinski definition) is 0. The van der Waals surface area contributed by atoms with Crippen molar-refractivity contribution in [3.05, 3.63) is 63.9 Å². The normalized spacial score (nSPS) is 10.2. The summed E-state index contributed by atoms with van der Waals surface area (Å²) in [7, 11) is 0. The van der Waals surface area contributed by atoms with Crippen LogP contribution >= 0.6 is 15.9 Å². The van der Waals surface area contributed by atoms with Crippen molar-refractivity contribution in [3.63, 3.8) is 0 Å². The highest BCUT2D eigenvalue weighted by Crippen LogP contribution is 2.12. The summed E-state index contributed by atoms with van der Waals surface area (Å²) in [5.41, 5.74) is 2.59. The number of carbonyl (C=O) groups excluding carboxylic acids is 1. The molecule has 0 unspecified atom stereocenters. The van der Waals surface area contributed by atoms with Gasteiger partial charge in [-0.15, -0.1) is 0 Å². The van der Waals surface area contributed by atoms with E-state index in [-0.39, 0.29) is 5.78 Å². The first-order chi connectivity index (χ1) is 8.15. The highest BCUT2D eigenvalue weighted by Gasteiger charge is 2.08. The summed E-state index contributed by atoms with van der Waals surface area (Å²) in [4.78, 5) is 16.1. The Balaban J connectivity index is 2.14. The number of halogens is 1.